The number of phenolic OH excluding ortho intramolecular Hbond substituents is 1. The van der Waals surface area contributed by atoms with Crippen LogP contribution in [0.15, 0.2) is 18.7 Å². The van der Waals surface area contributed by atoms with Crippen LogP contribution in [0.4, 0.5) is 4.39 Å². The predicted molar refractivity (Wildman–Crippen MR) is 83.8 cm³/mol. The van der Waals surface area contributed by atoms with Crippen molar-refractivity contribution in [2.75, 3.05) is 0 Å². The minimum atomic E-state index is -0.924. The Morgan fingerprint density at radius 2 is 2.18 bits per heavy atom. The van der Waals surface area contributed by atoms with Gasteiger partial charge in [0.15, 0.2) is 5.69 Å². The molecule has 1 heterocycles. The number of aromatic hydroxyl groups is 1. The molecule has 0 aliphatic heterocycles. The second kappa shape index (κ2) is 6.17. The third-order valence-electron chi connectivity index (χ3n) is 3.06. The van der Waals surface area contributed by atoms with E-state index in [0.717, 1.165) is 6.07 Å². The number of benzene rings is 1. The Morgan fingerprint density at radius 1 is 1.55 bits per heavy atom. The fourth-order valence-corrected chi connectivity index (χ4v) is 2.74. The molecule has 0 amide bonds. The lowest BCUT2D eigenvalue weighted by Gasteiger charge is -2.15. The summed E-state index contributed by atoms with van der Waals surface area (Å²) in [7, 11) is 1.49. The second-order valence-corrected chi connectivity index (χ2v) is 5.62. The molecule has 8 heteroatoms. The minimum Gasteiger partial charge on any atom is -0.506 e. The van der Waals surface area contributed by atoms with E-state index < -0.39 is 16.9 Å². The molecule has 22 heavy (non-hydrogen) atoms. The smallest absolute Gasteiger partial charge is 0.157 e. The van der Waals surface area contributed by atoms with E-state index in [9.17, 15) is 9.50 Å². The van der Waals surface area contributed by atoms with Crippen LogP contribution in [-0.2, 0) is 7.05 Å². The van der Waals surface area contributed by atoms with E-state index in [0.29, 0.717) is 0 Å². The third kappa shape index (κ3) is 2.54. The number of hydrogen-bond donors (Lipinski definition) is 1. The van der Waals surface area contributed by atoms with E-state index in [4.69, 9.17) is 40.1 Å². The van der Waals surface area contributed by atoms with Gasteiger partial charge in [-0.3, -0.25) is 4.68 Å². The number of allylic oxidation sites excluding steroid dienone is 1. The first kappa shape index (κ1) is 16.6. The number of hydrogen-bond acceptors (Lipinski definition) is 3. The van der Waals surface area contributed by atoms with Gasteiger partial charge < -0.3 is 5.11 Å². The van der Waals surface area contributed by atoms with Gasteiger partial charge in [0.05, 0.1) is 10.4 Å². The van der Waals surface area contributed by atoms with E-state index in [2.05, 4.69) is 11.7 Å². The lowest BCUT2D eigenvalue weighted by molar-refractivity contribution is 0.467. The molecule has 1 aromatic carbocycles. The van der Waals surface area contributed by atoms with Crippen molar-refractivity contribution in [3.63, 3.8) is 0 Å². The molecule has 1 atom stereocenters. The van der Waals surface area contributed by atoms with Gasteiger partial charge in [-0.1, -0.05) is 29.3 Å². The molecule has 114 valence electrons. The van der Waals surface area contributed by atoms with Crippen molar-refractivity contribution in [1.29, 1.82) is 5.26 Å². The van der Waals surface area contributed by atoms with Crippen molar-refractivity contribution in [3.8, 4) is 23.1 Å². The number of nitrogens with zero attached hydrogens (tertiary/aromatic N) is 3. The van der Waals surface area contributed by atoms with Crippen molar-refractivity contribution in [2.45, 2.75) is 5.38 Å². The van der Waals surface area contributed by atoms with Crippen LogP contribution in [0.2, 0.25) is 10.0 Å². The summed E-state index contributed by atoms with van der Waals surface area (Å²) in [4.78, 5) is 0. The van der Waals surface area contributed by atoms with Crippen LogP contribution in [-0.4, -0.2) is 14.9 Å². The molecule has 2 rings (SSSR count). The summed E-state index contributed by atoms with van der Waals surface area (Å²) in [6.07, 6.45) is 1.30. The quantitative estimate of drug-likeness (QED) is 0.644. The van der Waals surface area contributed by atoms with Crippen LogP contribution in [0.25, 0.3) is 11.3 Å². The Labute approximate surface area is 140 Å². The average molecular weight is 361 g/mol. The molecule has 0 saturated heterocycles. The average Bonchev–Trinajstić information content (AvgIpc) is 2.75. The molecule has 0 saturated carbocycles. The molecule has 0 aliphatic carbocycles. The minimum absolute atomic E-state index is 0.00677. The molecule has 0 aliphatic rings. The van der Waals surface area contributed by atoms with Gasteiger partial charge in [0.25, 0.3) is 0 Å². The van der Waals surface area contributed by atoms with Crippen LogP contribution in [0, 0.1) is 17.1 Å². The normalized spacial score (nSPS) is 12.0. The predicted octanol–water partition coefficient (Wildman–Crippen LogP) is 4.58. The number of alkyl halides is 1. The summed E-state index contributed by atoms with van der Waals surface area (Å²) in [5.74, 6) is -1.16. The van der Waals surface area contributed by atoms with Gasteiger partial charge in [-0.2, -0.15) is 10.4 Å². The standard InChI is InChI=1S/C14H9Cl3FN3O/c1-3-6(15)10-11(8(18)4-7(16)14(10)22)13-12(17)9(5-19)21(2)20-13/h3-4,6,22H,1H2,2H3. The summed E-state index contributed by atoms with van der Waals surface area (Å²) in [6, 6.07) is 2.80. The first-order valence-electron chi connectivity index (χ1n) is 5.93. The summed E-state index contributed by atoms with van der Waals surface area (Å²) in [5, 5.41) is 22.0. The van der Waals surface area contributed by atoms with E-state index >= 15 is 0 Å². The van der Waals surface area contributed by atoms with Crippen molar-refractivity contribution >= 4 is 34.8 Å². The zero-order chi connectivity index (χ0) is 16.6. The maximum Gasteiger partial charge on any atom is 0.157 e. The van der Waals surface area contributed by atoms with Crippen LogP contribution < -0.4 is 0 Å². The molecule has 0 spiro atoms. The van der Waals surface area contributed by atoms with Crippen LogP contribution in [0.5, 0.6) is 5.75 Å². The van der Waals surface area contributed by atoms with Crippen molar-refractivity contribution < 1.29 is 9.50 Å². The number of nitriles is 1. The Bertz CT molecular complexity index is 811. The zero-order valence-electron chi connectivity index (χ0n) is 11.2. The Kier molecular flexibility index (Phi) is 4.66. The van der Waals surface area contributed by atoms with Crippen molar-refractivity contribution in [2.24, 2.45) is 7.05 Å². The number of phenols is 1. The number of aromatic nitrogens is 2. The highest BCUT2D eigenvalue weighted by atomic mass is 35.5. The maximum atomic E-state index is 14.4. The highest BCUT2D eigenvalue weighted by Gasteiger charge is 2.27. The number of aryl methyl sites for hydroxylation is 1. The Balaban J connectivity index is 2.90. The van der Waals surface area contributed by atoms with Crippen molar-refractivity contribution in [1.82, 2.24) is 9.78 Å². The van der Waals surface area contributed by atoms with Crippen LogP contribution in [0.1, 0.15) is 16.6 Å². The third-order valence-corrected chi connectivity index (χ3v) is 4.10. The van der Waals surface area contributed by atoms with E-state index in [1.165, 1.54) is 17.8 Å². The van der Waals surface area contributed by atoms with Crippen LogP contribution in [0.3, 0.4) is 0 Å². The summed E-state index contributed by atoms with van der Waals surface area (Å²) in [5.41, 5.74) is -0.0797. The largest absolute Gasteiger partial charge is 0.506 e. The Hall–Kier alpha value is -1.74. The van der Waals surface area contributed by atoms with E-state index in [1.807, 2.05) is 6.07 Å². The highest BCUT2D eigenvalue weighted by Crippen LogP contribution is 2.45. The van der Waals surface area contributed by atoms with Gasteiger partial charge in [0.2, 0.25) is 0 Å². The van der Waals surface area contributed by atoms with Gasteiger partial charge in [0.1, 0.15) is 28.4 Å². The lowest BCUT2D eigenvalue weighted by atomic mass is 9.99. The van der Waals surface area contributed by atoms with E-state index in [1.54, 1.807) is 0 Å². The number of rotatable bonds is 3. The van der Waals surface area contributed by atoms with E-state index in [-0.39, 0.29) is 32.6 Å². The summed E-state index contributed by atoms with van der Waals surface area (Å²) >= 11 is 18.0. The monoisotopic (exact) mass is 359 g/mol. The maximum absolute atomic E-state index is 14.4. The Morgan fingerprint density at radius 3 is 2.68 bits per heavy atom. The fraction of sp³-hybridized carbons (Fsp3) is 0.143. The molecular formula is C14H9Cl3FN3O. The zero-order valence-corrected chi connectivity index (χ0v) is 13.5. The molecule has 1 aromatic heterocycles. The lowest BCUT2D eigenvalue weighted by Crippen LogP contribution is -1.99. The molecule has 0 radical (unpaired) electrons. The fourth-order valence-electron chi connectivity index (χ4n) is 2.03. The molecular weight excluding hydrogens is 352 g/mol. The summed E-state index contributed by atoms with van der Waals surface area (Å²) < 4.78 is 15.6. The second-order valence-electron chi connectivity index (χ2n) is 4.36. The topological polar surface area (TPSA) is 61.8 Å². The molecule has 4 nitrogen and oxygen atoms in total. The number of halogens is 4. The first-order chi connectivity index (χ1) is 10.3. The van der Waals surface area contributed by atoms with Crippen LogP contribution >= 0.6 is 34.8 Å². The van der Waals surface area contributed by atoms with Gasteiger partial charge in [-0.15, -0.1) is 18.2 Å². The van der Waals surface area contributed by atoms with Crippen molar-refractivity contribution in [3.05, 3.63) is 45.8 Å². The molecule has 0 fully saturated rings. The SMILES string of the molecule is C=CC(Cl)c1c(O)c(Cl)cc(F)c1-c1nn(C)c(C#N)c1Cl. The molecule has 0 bridgehead atoms. The first-order valence-corrected chi connectivity index (χ1v) is 7.13. The van der Waals surface area contributed by atoms with Gasteiger partial charge >= 0.3 is 0 Å². The van der Waals surface area contributed by atoms with Gasteiger partial charge in [-0.05, 0) is 6.07 Å². The van der Waals surface area contributed by atoms with Gasteiger partial charge in [-0.25, -0.2) is 4.39 Å². The highest BCUT2D eigenvalue weighted by molar-refractivity contribution is 6.35. The molecule has 2 aromatic rings. The molecule has 1 unspecified atom stereocenters. The molecule has 1 N–H and O–H groups in total. The summed E-state index contributed by atoms with van der Waals surface area (Å²) in [6.45, 7) is 3.51. The van der Waals surface area contributed by atoms with Gasteiger partial charge in [0, 0.05) is 18.2 Å².